The van der Waals surface area contributed by atoms with Crippen molar-refractivity contribution in [3.8, 4) is 11.4 Å². The van der Waals surface area contributed by atoms with Crippen LogP contribution >= 0.6 is 0 Å². The number of nitrogens with zero attached hydrogens (tertiary/aromatic N) is 3. The Balaban J connectivity index is 2.36. The first-order valence-electron chi connectivity index (χ1n) is 5.83. The monoisotopic (exact) mass is 215 g/mol. The summed E-state index contributed by atoms with van der Waals surface area (Å²) in [6.07, 6.45) is 3.93. The van der Waals surface area contributed by atoms with Crippen molar-refractivity contribution in [2.24, 2.45) is 0 Å². The van der Waals surface area contributed by atoms with E-state index in [0.29, 0.717) is 0 Å². The van der Waals surface area contributed by atoms with Crippen LogP contribution in [-0.4, -0.2) is 14.8 Å². The van der Waals surface area contributed by atoms with Gasteiger partial charge in [-0.1, -0.05) is 19.9 Å². The zero-order valence-electron chi connectivity index (χ0n) is 9.85. The van der Waals surface area contributed by atoms with E-state index in [2.05, 4.69) is 34.7 Å². The first kappa shape index (κ1) is 10.9. The average Bonchev–Trinajstić information content (AvgIpc) is 2.74. The van der Waals surface area contributed by atoms with Gasteiger partial charge in [0.05, 0.1) is 5.69 Å². The third-order valence-electron chi connectivity index (χ3n) is 2.59. The highest BCUT2D eigenvalue weighted by Crippen LogP contribution is 2.17. The van der Waals surface area contributed by atoms with Crippen LogP contribution in [0.3, 0.4) is 0 Å². The Hall–Kier alpha value is -1.64. The van der Waals surface area contributed by atoms with Gasteiger partial charge >= 0.3 is 0 Å². The van der Waals surface area contributed by atoms with Gasteiger partial charge in [0.15, 0.2) is 0 Å². The fraction of sp³-hybridized carbons (Fsp3) is 0.385. The average molecular weight is 215 g/mol. The molecule has 0 aliphatic heterocycles. The Kier molecular flexibility index (Phi) is 3.34. The number of rotatable bonds is 4. The minimum Gasteiger partial charge on any atom is -0.269 e. The highest BCUT2D eigenvalue weighted by atomic mass is 15.3. The molecule has 84 valence electrons. The fourth-order valence-corrected chi connectivity index (χ4v) is 1.78. The molecule has 0 aliphatic carbocycles. The molecule has 16 heavy (non-hydrogen) atoms. The first-order valence-corrected chi connectivity index (χ1v) is 5.83. The lowest BCUT2D eigenvalue weighted by Gasteiger charge is -2.01. The molecule has 0 aliphatic rings. The molecule has 0 fully saturated rings. The van der Waals surface area contributed by atoms with Crippen LogP contribution in [0.4, 0.5) is 0 Å². The van der Waals surface area contributed by atoms with E-state index < -0.39 is 0 Å². The van der Waals surface area contributed by atoms with E-state index in [1.807, 2.05) is 18.2 Å². The number of hydrogen-bond acceptors (Lipinski definition) is 2. The summed E-state index contributed by atoms with van der Waals surface area (Å²) < 4.78 is 2.09. The van der Waals surface area contributed by atoms with Crippen molar-refractivity contribution < 1.29 is 0 Å². The van der Waals surface area contributed by atoms with Gasteiger partial charge in [-0.3, -0.25) is 9.67 Å². The van der Waals surface area contributed by atoms with Gasteiger partial charge in [0.1, 0.15) is 5.69 Å². The maximum atomic E-state index is 4.60. The first-order chi connectivity index (χ1) is 7.85. The van der Waals surface area contributed by atoms with Crippen molar-refractivity contribution >= 4 is 0 Å². The van der Waals surface area contributed by atoms with E-state index in [-0.39, 0.29) is 0 Å². The lowest BCUT2D eigenvalue weighted by atomic mass is 10.2. The Labute approximate surface area is 96.1 Å². The lowest BCUT2D eigenvalue weighted by molar-refractivity contribution is 0.578. The van der Waals surface area contributed by atoms with E-state index in [1.54, 1.807) is 6.20 Å². The van der Waals surface area contributed by atoms with Crippen LogP contribution in [0.5, 0.6) is 0 Å². The van der Waals surface area contributed by atoms with Crippen molar-refractivity contribution in [1.29, 1.82) is 0 Å². The van der Waals surface area contributed by atoms with Crippen molar-refractivity contribution in [1.82, 2.24) is 14.8 Å². The number of aryl methyl sites for hydroxylation is 2. The molecular formula is C13H17N3. The standard InChI is InChI=1S/C13H17N3/c1-3-9-16-11(4-2)10-13(15-16)12-7-5-6-8-14-12/h5-8,10H,3-4,9H2,1-2H3. The van der Waals surface area contributed by atoms with E-state index >= 15 is 0 Å². The minimum absolute atomic E-state index is 0.951. The van der Waals surface area contributed by atoms with Crippen molar-refractivity contribution in [3.05, 3.63) is 36.2 Å². The van der Waals surface area contributed by atoms with Gasteiger partial charge in [-0.15, -0.1) is 0 Å². The summed E-state index contributed by atoms with van der Waals surface area (Å²) in [6.45, 7) is 5.31. The number of aromatic nitrogens is 3. The summed E-state index contributed by atoms with van der Waals surface area (Å²) in [5.74, 6) is 0. The topological polar surface area (TPSA) is 30.7 Å². The zero-order chi connectivity index (χ0) is 11.4. The second-order valence-corrected chi connectivity index (χ2v) is 3.81. The molecule has 0 saturated carbocycles. The molecule has 2 aromatic rings. The molecular weight excluding hydrogens is 198 g/mol. The molecule has 0 amide bonds. The molecule has 2 aromatic heterocycles. The quantitative estimate of drug-likeness (QED) is 0.785. The molecule has 0 radical (unpaired) electrons. The lowest BCUT2D eigenvalue weighted by Crippen LogP contribution is -2.03. The van der Waals surface area contributed by atoms with Crippen LogP contribution < -0.4 is 0 Å². The van der Waals surface area contributed by atoms with Crippen molar-refractivity contribution in [3.63, 3.8) is 0 Å². The Morgan fingerprint density at radius 3 is 2.69 bits per heavy atom. The maximum absolute atomic E-state index is 4.60. The van der Waals surface area contributed by atoms with Crippen LogP contribution in [0.15, 0.2) is 30.5 Å². The zero-order valence-corrected chi connectivity index (χ0v) is 9.85. The fourth-order valence-electron chi connectivity index (χ4n) is 1.78. The van der Waals surface area contributed by atoms with E-state index in [4.69, 9.17) is 0 Å². The highest BCUT2D eigenvalue weighted by Gasteiger charge is 2.07. The molecule has 0 bridgehead atoms. The molecule has 0 N–H and O–H groups in total. The number of hydrogen-bond donors (Lipinski definition) is 0. The number of pyridine rings is 1. The molecule has 0 saturated heterocycles. The molecule has 3 nitrogen and oxygen atoms in total. The van der Waals surface area contributed by atoms with Crippen LogP contribution in [0.25, 0.3) is 11.4 Å². The normalized spacial score (nSPS) is 10.6. The maximum Gasteiger partial charge on any atom is 0.111 e. The van der Waals surface area contributed by atoms with Gasteiger partial charge in [-0.2, -0.15) is 5.10 Å². The summed E-state index contributed by atoms with van der Waals surface area (Å²) in [7, 11) is 0. The van der Waals surface area contributed by atoms with Gasteiger partial charge in [0.25, 0.3) is 0 Å². The Morgan fingerprint density at radius 1 is 1.19 bits per heavy atom. The highest BCUT2D eigenvalue weighted by molar-refractivity contribution is 5.53. The Morgan fingerprint density at radius 2 is 2.06 bits per heavy atom. The van der Waals surface area contributed by atoms with Crippen LogP contribution in [0.1, 0.15) is 26.0 Å². The van der Waals surface area contributed by atoms with Crippen LogP contribution in [0, 0.1) is 0 Å². The van der Waals surface area contributed by atoms with Crippen molar-refractivity contribution in [2.75, 3.05) is 0 Å². The predicted octanol–water partition coefficient (Wildman–Crippen LogP) is 2.92. The largest absolute Gasteiger partial charge is 0.269 e. The van der Waals surface area contributed by atoms with Gasteiger partial charge in [-0.05, 0) is 31.0 Å². The summed E-state index contributed by atoms with van der Waals surface area (Å²) in [5.41, 5.74) is 3.21. The second kappa shape index (κ2) is 4.92. The smallest absolute Gasteiger partial charge is 0.111 e. The van der Waals surface area contributed by atoms with E-state index in [9.17, 15) is 0 Å². The third kappa shape index (κ3) is 2.13. The molecule has 0 atom stereocenters. The molecule has 2 rings (SSSR count). The second-order valence-electron chi connectivity index (χ2n) is 3.81. The van der Waals surface area contributed by atoms with Crippen molar-refractivity contribution in [2.45, 2.75) is 33.2 Å². The van der Waals surface area contributed by atoms with Gasteiger partial charge < -0.3 is 0 Å². The Bertz CT molecular complexity index is 445. The molecule has 2 heterocycles. The predicted molar refractivity (Wildman–Crippen MR) is 65.1 cm³/mol. The summed E-state index contributed by atoms with van der Waals surface area (Å²) in [5, 5.41) is 4.60. The van der Waals surface area contributed by atoms with Gasteiger partial charge in [0, 0.05) is 18.4 Å². The van der Waals surface area contributed by atoms with Gasteiger partial charge in [0.2, 0.25) is 0 Å². The summed E-state index contributed by atoms with van der Waals surface area (Å²) in [4.78, 5) is 4.32. The van der Waals surface area contributed by atoms with E-state index in [0.717, 1.165) is 30.8 Å². The SMILES string of the molecule is CCCn1nc(-c2ccccn2)cc1CC. The van der Waals surface area contributed by atoms with E-state index in [1.165, 1.54) is 5.69 Å². The third-order valence-corrected chi connectivity index (χ3v) is 2.59. The molecule has 0 spiro atoms. The summed E-state index contributed by atoms with van der Waals surface area (Å²) in [6, 6.07) is 8.05. The summed E-state index contributed by atoms with van der Waals surface area (Å²) >= 11 is 0. The molecule has 3 heteroatoms. The van der Waals surface area contributed by atoms with Gasteiger partial charge in [-0.25, -0.2) is 0 Å². The minimum atomic E-state index is 0.951. The van der Waals surface area contributed by atoms with Crippen LogP contribution in [0.2, 0.25) is 0 Å². The molecule has 0 unspecified atom stereocenters. The molecule has 0 aromatic carbocycles. The van der Waals surface area contributed by atoms with Crippen LogP contribution in [-0.2, 0) is 13.0 Å².